The van der Waals surface area contributed by atoms with E-state index in [1.54, 1.807) is 6.08 Å². The monoisotopic (exact) mass is 834 g/mol. The molecular weight excluding hydrogens is 743 g/mol. The van der Waals surface area contributed by atoms with Crippen molar-refractivity contribution < 1.29 is 24.5 Å². The van der Waals surface area contributed by atoms with Crippen LogP contribution in [-0.2, 0) is 14.3 Å². The summed E-state index contributed by atoms with van der Waals surface area (Å²) in [6, 6.07) is -0.749. The van der Waals surface area contributed by atoms with Crippen LogP contribution in [-0.4, -0.2) is 46.9 Å². The molecule has 0 saturated carbocycles. The number of nitrogens with one attached hydrogen (secondary N) is 1. The SMILES string of the molecule is CC/C=C/C/C=C/C/C=C/C/C=C/C/C=C/C(CC(=O)NC(CO)C(O)CCCCCCCCCCCCC)OC(=O)CCCCCCCC/C=C/C/C=C/C/C=C/CC. The molecule has 60 heavy (non-hydrogen) atoms. The summed E-state index contributed by atoms with van der Waals surface area (Å²) in [7, 11) is 0. The zero-order valence-electron chi connectivity index (χ0n) is 38.8. The molecule has 0 aromatic rings. The van der Waals surface area contributed by atoms with Crippen LogP contribution in [0, 0.1) is 0 Å². The summed E-state index contributed by atoms with van der Waals surface area (Å²) in [6.07, 6.45) is 62.1. The van der Waals surface area contributed by atoms with E-state index in [1.807, 2.05) is 6.08 Å². The molecule has 0 saturated heterocycles. The predicted molar refractivity (Wildman–Crippen MR) is 259 cm³/mol. The highest BCUT2D eigenvalue weighted by molar-refractivity contribution is 5.78. The second-order valence-corrected chi connectivity index (χ2v) is 16.1. The summed E-state index contributed by atoms with van der Waals surface area (Å²) in [5.74, 6) is -0.652. The van der Waals surface area contributed by atoms with Crippen molar-refractivity contribution in [2.24, 2.45) is 0 Å². The Kier molecular flexibility index (Phi) is 44.3. The van der Waals surface area contributed by atoms with Gasteiger partial charge in [0.25, 0.3) is 0 Å². The van der Waals surface area contributed by atoms with Crippen molar-refractivity contribution >= 4 is 11.9 Å². The van der Waals surface area contributed by atoms with Gasteiger partial charge in [-0.15, -0.1) is 0 Å². The normalized spacial score (nSPS) is 14.2. The van der Waals surface area contributed by atoms with Crippen LogP contribution >= 0.6 is 0 Å². The summed E-state index contributed by atoms with van der Waals surface area (Å²) in [5.41, 5.74) is 0. The molecule has 0 aliphatic rings. The number of aliphatic hydroxyl groups excluding tert-OH is 2. The maximum Gasteiger partial charge on any atom is 0.306 e. The Morgan fingerprint density at radius 2 is 0.933 bits per heavy atom. The van der Waals surface area contributed by atoms with Crippen molar-refractivity contribution in [3.8, 4) is 0 Å². The van der Waals surface area contributed by atoms with Gasteiger partial charge in [0.15, 0.2) is 0 Å². The Morgan fingerprint density at radius 1 is 0.517 bits per heavy atom. The molecule has 0 radical (unpaired) electrons. The molecule has 0 spiro atoms. The fourth-order valence-corrected chi connectivity index (χ4v) is 6.76. The number of allylic oxidation sites excluding steroid dienone is 15. The standard InChI is InChI=1S/C54H91NO5/c1-4-7-10-13-16-19-22-24-26-27-29-32-35-38-41-44-47-54(59)60-50(45-42-39-36-33-31-28-25-23-20-17-14-11-8-5-2)48-53(58)55-51(49-56)52(57)46-43-40-37-34-30-21-18-15-12-9-6-3/h7-8,10-11,16-17,19-20,24-26,28,33,36,42,45,50-52,56-57H,4-6,9,12-15,18,21-23,27,29-32,34-35,37-41,43-44,46-49H2,1-3H3,(H,55,58)/b10-7+,11-8+,19-16+,20-17+,26-24+,28-25+,36-33+,45-42+. The zero-order valence-corrected chi connectivity index (χ0v) is 38.8. The third kappa shape index (κ3) is 41.5. The molecule has 0 bridgehead atoms. The van der Waals surface area contributed by atoms with Crippen molar-refractivity contribution in [1.29, 1.82) is 0 Å². The third-order valence-electron chi connectivity index (χ3n) is 10.4. The molecule has 0 aliphatic heterocycles. The van der Waals surface area contributed by atoms with E-state index in [4.69, 9.17) is 4.74 Å². The van der Waals surface area contributed by atoms with Gasteiger partial charge in [-0.2, -0.15) is 0 Å². The fraction of sp³-hybridized carbons (Fsp3) is 0.667. The lowest BCUT2D eigenvalue weighted by Gasteiger charge is -2.23. The first-order valence-electron chi connectivity index (χ1n) is 24.5. The second-order valence-electron chi connectivity index (χ2n) is 16.1. The average Bonchev–Trinajstić information content (AvgIpc) is 3.24. The molecule has 6 heteroatoms. The minimum atomic E-state index is -0.825. The number of carbonyl (C=O) groups excluding carboxylic acids is 2. The highest BCUT2D eigenvalue weighted by atomic mass is 16.5. The lowest BCUT2D eigenvalue weighted by molar-refractivity contribution is -0.148. The smallest absolute Gasteiger partial charge is 0.306 e. The molecule has 342 valence electrons. The lowest BCUT2D eigenvalue weighted by Crippen LogP contribution is -2.46. The summed E-state index contributed by atoms with van der Waals surface area (Å²) < 4.78 is 5.81. The van der Waals surface area contributed by atoms with Crippen LogP contribution in [0.2, 0.25) is 0 Å². The number of hydrogen-bond donors (Lipinski definition) is 3. The summed E-state index contributed by atoms with van der Waals surface area (Å²) in [5, 5.41) is 23.6. The van der Waals surface area contributed by atoms with Gasteiger partial charge in [0.05, 0.1) is 25.2 Å². The number of hydrogen-bond acceptors (Lipinski definition) is 5. The number of ether oxygens (including phenoxy) is 1. The van der Waals surface area contributed by atoms with Crippen molar-refractivity contribution in [3.05, 3.63) is 97.2 Å². The maximum atomic E-state index is 13.1. The van der Waals surface area contributed by atoms with Gasteiger partial charge in [-0.25, -0.2) is 0 Å². The number of rotatable bonds is 42. The molecule has 0 aromatic heterocycles. The van der Waals surface area contributed by atoms with Gasteiger partial charge >= 0.3 is 5.97 Å². The van der Waals surface area contributed by atoms with Gasteiger partial charge in [-0.05, 0) is 83.1 Å². The van der Waals surface area contributed by atoms with E-state index in [1.165, 1.54) is 64.2 Å². The summed E-state index contributed by atoms with van der Waals surface area (Å²) >= 11 is 0. The van der Waals surface area contributed by atoms with Crippen molar-refractivity contribution in [3.63, 3.8) is 0 Å². The Hall–Kier alpha value is -3.22. The van der Waals surface area contributed by atoms with Crippen molar-refractivity contribution in [2.75, 3.05) is 6.61 Å². The first kappa shape index (κ1) is 56.8. The van der Waals surface area contributed by atoms with E-state index >= 15 is 0 Å². The topological polar surface area (TPSA) is 95.9 Å². The highest BCUT2D eigenvalue weighted by Gasteiger charge is 2.23. The highest BCUT2D eigenvalue weighted by Crippen LogP contribution is 2.15. The maximum absolute atomic E-state index is 13.1. The van der Waals surface area contributed by atoms with E-state index in [-0.39, 0.29) is 24.9 Å². The molecule has 0 heterocycles. The zero-order chi connectivity index (χ0) is 43.8. The quantitative estimate of drug-likeness (QED) is 0.0323. The number of esters is 1. The molecule has 0 rings (SSSR count). The molecule has 3 atom stereocenters. The summed E-state index contributed by atoms with van der Waals surface area (Å²) in [4.78, 5) is 26.0. The number of unbranched alkanes of at least 4 members (excludes halogenated alkanes) is 16. The Labute approximate surface area is 369 Å². The minimum Gasteiger partial charge on any atom is -0.458 e. The summed E-state index contributed by atoms with van der Waals surface area (Å²) in [6.45, 7) is 6.19. The molecule has 6 nitrogen and oxygen atoms in total. The Morgan fingerprint density at radius 3 is 1.42 bits per heavy atom. The molecular formula is C54H91NO5. The van der Waals surface area contributed by atoms with Gasteiger partial charge in [0.2, 0.25) is 5.91 Å². The first-order chi connectivity index (χ1) is 29.5. The van der Waals surface area contributed by atoms with E-state index in [2.05, 4.69) is 111 Å². The fourth-order valence-electron chi connectivity index (χ4n) is 6.76. The second kappa shape index (κ2) is 46.8. The Bertz CT molecular complexity index is 1210. The van der Waals surface area contributed by atoms with E-state index in [0.717, 1.165) is 96.3 Å². The molecule has 0 fully saturated rings. The van der Waals surface area contributed by atoms with Gasteiger partial charge in [-0.1, -0.05) is 208 Å². The van der Waals surface area contributed by atoms with Gasteiger partial charge < -0.3 is 20.3 Å². The third-order valence-corrected chi connectivity index (χ3v) is 10.4. The van der Waals surface area contributed by atoms with Crippen LogP contribution in [0.25, 0.3) is 0 Å². The molecule has 3 unspecified atom stereocenters. The van der Waals surface area contributed by atoms with E-state index < -0.39 is 18.2 Å². The molecule has 3 N–H and O–H groups in total. The molecule has 1 amide bonds. The van der Waals surface area contributed by atoms with Gasteiger partial charge in [0.1, 0.15) is 6.10 Å². The van der Waals surface area contributed by atoms with Crippen LogP contribution < -0.4 is 5.32 Å². The predicted octanol–water partition coefficient (Wildman–Crippen LogP) is 14.6. The van der Waals surface area contributed by atoms with Gasteiger partial charge in [-0.3, -0.25) is 9.59 Å². The minimum absolute atomic E-state index is 0.0564. The molecule has 0 aromatic carbocycles. The largest absolute Gasteiger partial charge is 0.458 e. The average molecular weight is 834 g/mol. The van der Waals surface area contributed by atoms with Crippen LogP contribution in [0.5, 0.6) is 0 Å². The first-order valence-corrected chi connectivity index (χ1v) is 24.5. The van der Waals surface area contributed by atoms with Crippen molar-refractivity contribution in [2.45, 2.75) is 225 Å². The van der Waals surface area contributed by atoms with Gasteiger partial charge in [0, 0.05) is 6.42 Å². The van der Waals surface area contributed by atoms with E-state index in [0.29, 0.717) is 19.3 Å². The number of aliphatic hydroxyl groups is 2. The number of carbonyl (C=O) groups is 2. The van der Waals surface area contributed by atoms with E-state index in [9.17, 15) is 19.8 Å². The van der Waals surface area contributed by atoms with Crippen LogP contribution in [0.1, 0.15) is 207 Å². The Balaban J connectivity index is 4.78. The molecule has 0 aliphatic carbocycles. The van der Waals surface area contributed by atoms with Crippen LogP contribution in [0.3, 0.4) is 0 Å². The number of amides is 1. The van der Waals surface area contributed by atoms with Crippen molar-refractivity contribution in [1.82, 2.24) is 5.32 Å². The van der Waals surface area contributed by atoms with Crippen LogP contribution in [0.15, 0.2) is 97.2 Å². The lowest BCUT2D eigenvalue weighted by atomic mass is 10.0. The van der Waals surface area contributed by atoms with Crippen LogP contribution in [0.4, 0.5) is 0 Å².